The van der Waals surface area contributed by atoms with Crippen LogP contribution >= 0.6 is 11.6 Å². The molecule has 5 rings (SSSR count). The van der Waals surface area contributed by atoms with Crippen LogP contribution in [0.3, 0.4) is 0 Å². The van der Waals surface area contributed by atoms with E-state index in [0.29, 0.717) is 34.8 Å². The first-order valence-corrected chi connectivity index (χ1v) is 11.8. The number of nitrogens with zero attached hydrogens (tertiary/aromatic N) is 5. The lowest BCUT2D eigenvalue weighted by Crippen LogP contribution is -2.23. The van der Waals surface area contributed by atoms with Crippen LogP contribution < -0.4 is 10.3 Å². The van der Waals surface area contributed by atoms with E-state index in [-0.39, 0.29) is 23.1 Å². The summed E-state index contributed by atoms with van der Waals surface area (Å²) in [4.78, 5) is 30.6. The van der Waals surface area contributed by atoms with Crippen molar-refractivity contribution in [3.05, 3.63) is 92.6 Å². The molecule has 1 fully saturated rings. The van der Waals surface area contributed by atoms with E-state index in [1.165, 1.54) is 11.0 Å². The number of aromatic nitrogens is 5. The van der Waals surface area contributed by atoms with Gasteiger partial charge in [-0.3, -0.25) is 19.3 Å². The first kappa shape index (κ1) is 24.0. The van der Waals surface area contributed by atoms with Crippen LogP contribution in [0.25, 0.3) is 17.1 Å². The zero-order valence-corrected chi connectivity index (χ0v) is 20.4. The highest BCUT2D eigenvalue weighted by molar-refractivity contribution is 6.31. The van der Waals surface area contributed by atoms with E-state index in [0.717, 1.165) is 30.4 Å². The number of rotatable bonds is 6. The summed E-state index contributed by atoms with van der Waals surface area (Å²) in [5.74, 6) is -0.367. The second-order valence-corrected chi connectivity index (χ2v) is 9.14. The topological polar surface area (TPSA) is 82.8 Å². The quantitative estimate of drug-likeness (QED) is 0.342. The van der Waals surface area contributed by atoms with E-state index in [1.807, 2.05) is 6.92 Å². The van der Waals surface area contributed by atoms with Crippen LogP contribution in [0.5, 0.6) is 5.75 Å². The molecule has 0 aromatic carbocycles. The number of ether oxygens (including phenoxy) is 1. The molecule has 0 bridgehead atoms. The third-order valence-electron chi connectivity index (χ3n) is 6.27. The molecule has 0 aliphatic heterocycles. The summed E-state index contributed by atoms with van der Waals surface area (Å²) in [7, 11) is 0. The van der Waals surface area contributed by atoms with Gasteiger partial charge in [-0.25, -0.2) is 18.7 Å². The number of hydrogen-bond acceptors (Lipinski definition) is 6. The lowest BCUT2D eigenvalue weighted by Gasteiger charge is -2.23. The standard InChI is InChI=1S/C26H22ClF2N5O2/c1-14-11-31-20(19-6-7-30-25(33-19)16-4-3-5-16)10-22(14)34-15(2)8-23(24(27)26(34)35)36-13-21-18(29)9-17(28)12-32-21/h6-12,16H,3-5,13H2,1-2H3. The Labute approximate surface area is 210 Å². The van der Waals surface area contributed by atoms with Gasteiger partial charge in [0.2, 0.25) is 0 Å². The summed E-state index contributed by atoms with van der Waals surface area (Å²) in [6.07, 6.45) is 7.66. The van der Waals surface area contributed by atoms with E-state index in [4.69, 9.17) is 21.3 Å². The van der Waals surface area contributed by atoms with Crippen molar-refractivity contribution >= 4 is 11.6 Å². The minimum Gasteiger partial charge on any atom is -0.485 e. The van der Waals surface area contributed by atoms with Gasteiger partial charge >= 0.3 is 0 Å². The fourth-order valence-corrected chi connectivity index (χ4v) is 4.25. The molecule has 4 aromatic rings. The van der Waals surface area contributed by atoms with Crippen molar-refractivity contribution in [1.29, 1.82) is 0 Å². The molecule has 7 nitrogen and oxygen atoms in total. The first-order chi connectivity index (χ1) is 17.3. The molecule has 1 aliphatic carbocycles. The van der Waals surface area contributed by atoms with Gasteiger partial charge in [0, 0.05) is 36.1 Å². The minimum absolute atomic E-state index is 0.0776. The second-order valence-electron chi connectivity index (χ2n) is 8.76. The maximum Gasteiger partial charge on any atom is 0.277 e. The van der Waals surface area contributed by atoms with Crippen LogP contribution in [-0.2, 0) is 6.61 Å². The van der Waals surface area contributed by atoms with Gasteiger partial charge in [-0.15, -0.1) is 0 Å². The third kappa shape index (κ3) is 4.58. The molecule has 36 heavy (non-hydrogen) atoms. The van der Waals surface area contributed by atoms with Crippen molar-refractivity contribution in [2.45, 2.75) is 45.6 Å². The predicted molar refractivity (Wildman–Crippen MR) is 130 cm³/mol. The molecule has 0 amide bonds. The minimum atomic E-state index is -0.846. The van der Waals surface area contributed by atoms with Gasteiger partial charge in [0.05, 0.1) is 23.3 Å². The highest BCUT2D eigenvalue weighted by Gasteiger charge is 2.23. The lowest BCUT2D eigenvalue weighted by molar-refractivity contribution is 0.292. The number of hydrogen-bond donors (Lipinski definition) is 0. The van der Waals surface area contributed by atoms with Crippen LogP contribution in [-0.4, -0.2) is 24.5 Å². The molecule has 184 valence electrons. The molecule has 0 saturated heterocycles. The Morgan fingerprint density at radius 2 is 1.89 bits per heavy atom. The van der Waals surface area contributed by atoms with Crippen molar-refractivity contribution in [2.24, 2.45) is 0 Å². The average Bonchev–Trinajstić information content (AvgIpc) is 2.82. The van der Waals surface area contributed by atoms with E-state index < -0.39 is 17.2 Å². The summed E-state index contributed by atoms with van der Waals surface area (Å²) in [5, 5.41) is -0.171. The second kappa shape index (κ2) is 9.73. The first-order valence-electron chi connectivity index (χ1n) is 11.5. The highest BCUT2D eigenvalue weighted by Crippen LogP contribution is 2.35. The van der Waals surface area contributed by atoms with Crippen LogP contribution in [0.15, 0.2) is 47.7 Å². The fraction of sp³-hybridized carbons (Fsp3) is 0.269. The Bertz CT molecular complexity index is 1520. The van der Waals surface area contributed by atoms with Gasteiger partial charge in [0.15, 0.2) is 5.82 Å². The molecule has 1 saturated carbocycles. The van der Waals surface area contributed by atoms with Crippen LogP contribution in [0.4, 0.5) is 8.78 Å². The molecule has 0 atom stereocenters. The molecule has 0 N–H and O–H groups in total. The smallest absolute Gasteiger partial charge is 0.277 e. The summed E-state index contributed by atoms with van der Waals surface area (Å²) in [6.45, 7) is 3.27. The molecular formula is C26H22ClF2N5O2. The summed E-state index contributed by atoms with van der Waals surface area (Å²) in [5.41, 5.74) is 2.60. The van der Waals surface area contributed by atoms with Crippen LogP contribution in [0.2, 0.25) is 5.02 Å². The zero-order valence-electron chi connectivity index (χ0n) is 19.6. The number of halogens is 3. The molecule has 1 aliphatic rings. The van der Waals surface area contributed by atoms with E-state index >= 15 is 0 Å². The molecule has 0 radical (unpaired) electrons. The maximum atomic E-state index is 13.9. The Hall–Kier alpha value is -3.72. The predicted octanol–water partition coefficient (Wildman–Crippen LogP) is 5.48. The van der Waals surface area contributed by atoms with E-state index in [2.05, 4.69) is 15.0 Å². The maximum absolute atomic E-state index is 13.9. The van der Waals surface area contributed by atoms with Crippen molar-refractivity contribution < 1.29 is 13.5 Å². The van der Waals surface area contributed by atoms with Gasteiger partial charge in [-0.05, 0) is 44.4 Å². The molecule has 0 spiro atoms. The van der Waals surface area contributed by atoms with Crippen LogP contribution in [0.1, 0.15) is 48.0 Å². The Morgan fingerprint density at radius 3 is 2.61 bits per heavy atom. The van der Waals surface area contributed by atoms with Crippen molar-refractivity contribution in [3.63, 3.8) is 0 Å². The van der Waals surface area contributed by atoms with Crippen molar-refractivity contribution in [3.8, 4) is 22.8 Å². The Balaban J connectivity index is 1.48. The molecule has 10 heteroatoms. The van der Waals surface area contributed by atoms with Crippen molar-refractivity contribution in [1.82, 2.24) is 24.5 Å². The molecule has 4 aromatic heterocycles. The highest BCUT2D eigenvalue weighted by atomic mass is 35.5. The largest absolute Gasteiger partial charge is 0.485 e. The SMILES string of the molecule is Cc1cnc(-c2ccnc(C3CCC3)n2)cc1-n1c(C)cc(OCc2ncc(F)cc2F)c(Cl)c1=O. The van der Waals surface area contributed by atoms with E-state index in [1.54, 1.807) is 37.5 Å². The molecule has 0 unspecified atom stereocenters. The summed E-state index contributed by atoms with van der Waals surface area (Å²) < 4.78 is 34.1. The number of pyridine rings is 3. The zero-order chi connectivity index (χ0) is 25.4. The summed E-state index contributed by atoms with van der Waals surface area (Å²) >= 11 is 6.37. The average molecular weight is 510 g/mol. The van der Waals surface area contributed by atoms with E-state index in [9.17, 15) is 13.6 Å². The monoisotopic (exact) mass is 509 g/mol. The normalized spacial score (nSPS) is 13.5. The molecular weight excluding hydrogens is 488 g/mol. The Kier molecular flexibility index (Phi) is 6.49. The fourth-order valence-electron chi connectivity index (χ4n) is 4.05. The van der Waals surface area contributed by atoms with Crippen molar-refractivity contribution in [2.75, 3.05) is 0 Å². The Morgan fingerprint density at radius 1 is 1.08 bits per heavy atom. The summed E-state index contributed by atoms with van der Waals surface area (Å²) in [6, 6.07) is 5.90. The lowest BCUT2D eigenvalue weighted by atomic mass is 9.85. The molecule has 4 heterocycles. The van der Waals surface area contributed by atoms with Gasteiger partial charge in [0.1, 0.15) is 34.7 Å². The van der Waals surface area contributed by atoms with Gasteiger partial charge in [-0.2, -0.15) is 0 Å². The number of aryl methyl sites for hydroxylation is 2. The van der Waals surface area contributed by atoms with Gasteiger partial charge in [-0.1, -0.05) is 18.0 Å². The van der Waals surface area contributed by atoms with Crippen LogP contribution in [0, 0.1) is 25.5 Å². The van der Waals surface area contributed by atoms with Gasteiger partial charge < -0.3 is 4.74 Å². The third-order valence-corrected chi connectivity index (χ3v) is 6.62. The van der Waals surface area contributed by atoms with Gasteiger partial charge in [0.25, 0.3) is 5.56 Å².